The van der Waals surface area contributed by atoms with Crippen LogP contribution < -0.4 is 10.3 Å². The van der Waals surface area contributed by atoms with Crippen LogP contribution in [0.5, 0.6) is 0 Å². The number of fused-ring (bicyclic) bond motifs is 2. The van der Waals surface area contributed by atoms with Gasteiger partial charge in [0.05, 0.1) is 21.9 Å². The Morgan fingerprint density at radius 1 is 1.00 bits per heavy atom. The summed E-state index contributed by atoms with van der Waals surface area (Å²) in [6.45, 7) is 2.71. The molecule has 0 bridgehead atoms. The molecule has 0 radical (unpaired) electrons. The number of aryl methyl sites for hydroxylation is 1. The second-order valence-corrected chi connectivity index (χ2v) is 10.7. The number of benzene rings is 2. The largest absolute Gasteiger partial charge is 0.450 e. The number of sulfonamides is 1. The maximum Gasteiger partial charge on any atom is 0.296 e. The van der Waals surface area contributed by atoms with Crippen molar-refractivity contribution < 1.29 is 22.2 Å². The van der Waals surface area contributed by atoms with E-state index in [-0.39, 0.29) is 27.5 Å². The van der Waals surface area contributed by atoms with Crippen molar-refractivity contribution in [2.75, 3.05) is 18.0 Å². The zero-order valence-electron chi connectivity index (χ0n) is 18.8. The number of hydrogen-bond donors (Lipinski definition) is 0. The summed E-state index contributed by atoms with van der Waals surface area (Å²) < 4.78 is 38.5. The minimum absolute atomic E-state index is 0.0619. The van der Waals surface area contributed by atoms with Gasteiger partial charge in [-0.25, -0.2) is 8.42 Å². The zero-order chi connectivity index (χ0) is 24.3. The number of carbonyl (C=O) groups is 1. The molecule has 1 fully saturated rings. The van der Waals surface area contributed by atoms with Crippen LogP contribution in [0.3, 0.4) is 0 Å². The SMILES string of the molecule is Cc1cc(N2C(=O)c3oc4ccccc4c(=O)c3C2c2ccc(S(=O)(=O)N3CCCC3)cc2)no1. The second-order valence-electron chi connectivity index (χ2n) is 8.72. The first-order chi connectivity index (χ1) is 16.9. The third-order valence-electron chi connectivity index (χ3n) is 6.54. The first-order valence-electron chi connectivity index (χ1n) is 11.3. The van der Waals surface area contributed by atoms with Crippen molar-refractivity contribution in [3.63, 3.8) is 0 Å². The van der Waals surface area contributed by atoms with E-state index in [4.69, 9.17) is 8.94 Å². The fourth-order valence-electron chi connectivity index (χ4n) is 4.84. The van der Waals surface area contributed by atoms with Crippen LogP contribution in [-0.4, -0.2) is 36.9 Å². The van der Waals surface area contributed by atoms with E-state index in [1.165, 1.54) is 21.3 Å². The number of carbonyl (C=O) groups excluding carboxylic acids is 1. The molecule has 4 aromatic rings. The van der Waals surface area contributed by atoms with Crippen LogP contribution >= 0.6 is 0 Å². The summed E-state index contributed by atoms with van der Waals surface area (Å²) in [5.74, 6) is 0.156. The van der Waals surface area contributed by atoms with Gasteiger partial charge < -0.3 is 8.94 Å². The van der Waals surface area contributed by atoms with Gasteiger partial charge in [-0.05, 0) is 49.6 Å². The fraction of sp³-hybridized carbons (Fsp3) is 0.240. The maximum atomic E-state index is 13.5. The number of rotatable bonds is 4. The lowest BCUT2D eigenvalue weighted by Crippen LogP contribution is -2.30. The molecule has 35 heavy (non-hydrogen) atoms. The number of aromatic nitrogens is 1. The molecule has 4 heterocycles. The Kier molecular flexibility index (Phi) is 4.90. The Hall–Kier alpha value is -3.76. The highest BCUT2D eigenvalue weighted by Crippen LogP contribution is 2.41. The second kappa shape index (κ2) is 7.89. The molecular weight excluding hydrogens is 470 g/mol. The molecule has 6 rings (SSSR count). The molecule has 2 aromatic carbocycles. The predicted octanol–water partition coefficient (Wildman–Crippen LogP) is 3.62. The monoisotopic (exact) mass is 491 g/mol. The van der Waals surface area contributed by atoms with Crippen LogP contribution in [0.2, 0.25) is 0 Å². The Bertz CT molecular complexity index is 1630. The van der Waals surface area contributed by atoms with Crippen LogP contribution in [0.25, 0.3) is 11.0 Å². The van der Waals surface area contributed by atoms with Crippen LogP contribution in [0.4, 0.5) is 5.82 Å². The molecule has 1 amide bonds. The number of nitrogens with zero attached hydrogens (tertiary/aromatic N) is 3. The molecule has 2 aromatic heterocycles. The van der Waals surface area contributed by atoms with E-state index in [9.17, 15) is 18.0 Å². The third-order valence-corrected chi connectivity index (χ3v) is 8.45. The van der Waals surface area contributed by atoms with Gasteiger partial charge in [0.15, 0.2) is 11.2 Å². The molecule has 1 unspecified atom stereocenters. The molecule has 1 saturated heterocycles. The first kappa shape index (κ1) is 21.8. The normalized spacial score (nSPS) is 18.5. The van der Waals surface area contributed by atoms with E-state index in [1.807, 2.05) is 0 Å². The summed E-state index contributed by atoms with van der Waals surface area (Å²) in [6.07, 6.45) is 1.68. The zero-order valence-corrected chi connectivity index (χ0v) is 19.6. The minimum atomic E-state index is -3.60. The van der Waals surface area contributed by atoms with Gasteiger partial charge in [0, 0.05) is 19.2 Å². The van der Waals surface area contributed by atoms with Crippen LogP contribution in [0.1, 0.15) is 46.3 Å². The number of hydrogen-bond acceptors (Lipinski definition) is 7. The van der Waals surface area contributed by atoms with Crippen LogP contribution in [-0.2, 0) is 10.0 Å². The number of para-hydroxylation sites is 1. The Labute approximate surface area is 200 Å². The van der Waals surface area contributed by atoms with Crippen LogP contribution in [0, 0.1) is 6.92 Å². The highest BCUT2D eigenvalue weighted by Gasteiger charge is 2.45. The van der Waals surface area contributed by atoms with Crippen molar-refractivity contribution >= 4 is 32.7 Å². The van der Waals surface area contributed by atoms with E-state index >= 15 is 0 Å². The van der Waals surface area contributed by atoms with Gasteiger partial charge in [-0.3, -0.25) is 14.5 Å². The quantitative estimate of drug-likeness (QED) is 0.428. The Balaban J connectivity index is 1.52. The summed E-state index contributed by atoms with van der Waals surface area (Å²) in [4.78, 5) is 28.6. The van der Waals surface area contributed by atoms with Crippen molar-refractivity contribution in [1.82, 2.24) is 9.46 Å². The lowest BCUT2D eigenvalue weighted by molar-refractivity contribution is 0.0969. The van der Waals surface area contributed by atoms with Crippen molar-refractivity contribution in [2.24, 2.45) is 0 Å². The lowest BCUT2D eigenvalue weighted by atomic mass is 9.98. The molecular formula is C25H21N3O6S. The molecule has 2 aliphatic rings. The van der Waals surface area contributed by atoms with E-state index < -0.39 is 22.0 Å². The summed E-state index contributed by atoms with van der Waals surface area (Å²) in [6, 6.07) is 13.8. The molecule has 0 spiro atoms. The standard InChI is InChI=1S/C25H21N3O6S/c1-15-14-20(26-34-15)28-22(16-8-10-17(11-9-16)35(31,32)27-12-4-5-13-27)21-23(29)18-6-2-3-7-19(18)33-24(21)25(28)30/h2-3,6-11,14,22H,4-5,12-13H2,1H3. The molecule has 0 N–H and O–H groups in total. The van der Waals surface area contributed by atoms with Crippen molar-refractivity contribution in [3.05, 3.63) is 87.5 Å². The molecule has 10 heteroatoms. The summed E-state index contributed by atoms with van der Waals surface area (Å²) in [7, 11) is -3.60. The lowest BCUT2D eigenvalue weighted by Gasteiger charge is -2.23. The average Bonchev–Trinajstić information content (AvgIpc) is 3.60. The third kappa shape index (κ3) is 3.32. The van der Waals surface area contributed by atoms with Gasteiger partial charge in [0.25, 0.3) is 5.91 Å². The highest BCUT2D eigenvalue weighted by atomic mass is 32.2. The van der Waals surface area contributed by atoms with Gasteiger partial charge in [0.2, 0.25) is 15.8 Å². The first-order valence-corrected chi connectivity index (χ1v) is 12.7. The molecule has 2 aliphatic heterocycles. The smallest absolute Gasteiger partial charge is 0.296 e. The van der Waals surface area contributed by atoms with Gasteiger partial charge >= 0.3 is 0 Å². The highest BCUT2D eigenvalue weighted by molar-refractivity contribution is 7.89. The van der Waals surface area contributed by atoms with Crippen LogP contribution in [0.15, 0.2) is 73.2 Å². The summed E-state index contributed by atoms with van der Waals surface area (Å²) in [5, 5.41) is 4.36. The van der Waals surface area contributed by atoms with Gasteiger partial charge in [-0.2, -0.15) is 4.31 Å². The summed E-state index contributed by atoms with van der Waals surface area (Å²) in [5.41, 5.74) is 0.732. The topological polar surface area (TPSA) is 114 Å². The average molecular weight is 492 g/mol. The van der Waals surface area contributed by atoms with Gasteiger partial charge in [-0.15, -0.1) is 0 Å². The van der Waals surface area contributed by atoms with E-state index in [0.29, 0.717) is 35.4 Å². The van der Waals surface area contributed by atoms with Crippen molar-refractivity contribution in [3.8, 4) is 0 Å². The summed E-state index contributed by atoms with van der Waals surface area (Å²) >= 11 is 0. The number of anilines is 1. The maximum absolute atomic E-state index is 13.5. The van der Waals surface area contributed by atoms with E-state index in [0.717, 1.165) is 12.8 Å². The van der Waals surface area contributed by atoms with E-state index in [2.05, 4.69) is 5.16 Å². The molecule has 0 aliphatic carbocycles. The predicted molar refractivity (Wildman–Crippen MR) is 127 cm³/mol. The van der Waals surface area contributed by atoms with Gasteiger partial charge in [-0.1, -0.05) is 29.4 Å². The Morgan fingerprint density at radius 2 is 1.71 bits per heavy atom. The van der Waals surface area contributed by atoms with Gasteiger partial charge in [0.1, 0.15) is 11.3 Å². The van der Waals surface area contributed by atoms with Crippen molar-refractivity contribution in [1.29, 1.82) is 0 Å². The van der Waals surface area contributed by atoms with Crippen molar-refractivity contribution in [2.45, 2.75) is 30.7 Å². The molecule has 0 saturated carbocycles. The molecule has 9 nitrogen and oxygen atoms in total. The minimum Gasteiger partial charge on any atom is -0.450 e. The molecule has 178 valence electrons. The molecule has 1 atom stereocenters. The fourth-order valence-corrected chi connectivity index (χ4v) is 6.35. The Morgan fingerprint density at radius 3 is 2.40 bits per heavy atom. The number of amides is 1. The van der Waals surface area contributed by atoms with E-state index in [1.54, 1.807) is 49.4 Å².